The van der Waals surface area contributed by atoms with Crippen LogP contribution in [0.5, 0.6) is 0 Å². The standard InChI is InChI=1S/C10H11Cl2F3N2/c1-2-3-4-16-8-6(11)5-17-9(7(8)12)10(13,14)15/h5H,2-4H2,1H3,(H,16,17). The van der Waals surface area contributed by atoms with Crippen LogP contribution in [0.25, 0.3) is 0 Å². The molecule has 0 radical (unpaired) electrons. The molecule has 0 saturated carbocycles. The van der Waals surface area contributed by atoms with E-state index in [2.05, 4.69) is 10.3 Å². The van der Waals surface area contributed by atoms with E-state index in [1.165, 1.54) is 0 Å². The van der Waals surface area contributed by atoms with E-state index in [1.54, 1.807) is 0 Å². The van der Waals surface area contributed by atoms with Crippen molar-refractivity contribution in [3.8, 4) is 0 Å². The number of hydrogen-bond acceptors (Lipinski definition) is 2. The number of aromatic nitrogens is 1. The molecule has 1 aromatic heterocycles. The first-order valence-electron chi connectivity index (χ1n) is 5.03. The Morgan fingerprint density at radius 3 is 2.53 bits per heavy atom. The van der Waals surface area contributed by atoms with E-state index in [4.69, 9.17) is 23.2 Å². The van der Waals surface area contributed by atoms with Gasteiger partial charge in [-0.2, -0.15) is 13.2 Å². The molecule has 0 aliphatic rings. The Balaban J connectivity index is 3.03. The highest BCUT2D eigenvalue weighted by Crippen LogP contribution is 2.39. The fourth-order valence-electron chi connectivity index (χ4n) is 1.22. The zero-order valence-electron chi connectivity index (χ0n) is 9.04. The summed E-state index contributed by atoms with van der Waals surface area (Å²) in [7, 11) is 0. The summed E-state index contributed by atoms with van der Waals surface area (Å²) >= 11 is 11.4. The number of rotatable bonds is 4. The first kappa shape index (κ1) is 14.4. The van der Waals surface area contributed by atoms with Gasteiger partial charge < -0.3 is 5.32 Å². The first-order valence-corrected chi connectivity index (χ1v) is 5.78. The number of nitrogens with zero attached hydrogens (tertiary/aromatic N) is 1. The van der Waals surface area contributed by atoms with Crippen molar-refractivity contribution >= 4 is 28.9 Å². The van der Waals surface area contributed by atoms with E-state index in [1.807, 2.05) is 6.92 Å². The topological polar surface area (TPSA) is 24.9 Å². The summed E-state index contributed by atoms with van der Waals surface area (Å²) in [6.07, 6.45) is -1.90. The minimum Gasteiger partial charge on any atom is -0.383 e. The van der Waals surface area contributed by atoms with Crippen LogP contribution in [0.1, 0.15) is 25.5 Å². The molecular formula is C10H11Cl2F3N2. The van der Waals surface area contributed by atoms with Gasteiger partial charge in [0.25, 0.3) is 0 Å². The molecule has 0 amide bonds. The molecule has 0 saturated heterocycles. The van der Waals surface area contributed by atoms with E-state index >= 15 is 0 Å². The summed E-state index contributed by atoms with van der Waals surface area (Å²) in [5, 5.41) is 2.39. The Kier molecular flexibility index (Phi) is 4.89. The van der Waals surface area contributed by atoms with Crippen LogP contribution in [0.15, 0.2) is 6.20 Å². The van der Waals surface area contributed by atoms with Gasteiger partial charge in [-0.1, -0.05) is 36.5 Å². The molecule has 0 atom stereocenters. The van der Waals surface area contributed by atoms with Gasteiger partial charge in [0.15, 0.2) is 5.69 Å². The molecule has 96 valence electrons. The predicted molar refractivity (Wildman–Crippen MR) is 62.7 cm³/mol. The van der Waals surface area contributed by atoms with E-state index in [9.17, 15) is 13.2 Å². The maximum atomic E-state index is 12.5. The SMILES string of the molecule is CCCCNc1c(Cl)cnc(C(F)(F)F)c1Cl. The maximum Gasteiger partial charge on any atom is 0.434 e. The number of hydrogen-bond donors (Lipinski definition) is 1. The molecule has 1 heterocycles. The minimum atomic E-state index is -4.58. The van der Waals surface area contributed by atoms with Crippen molar-refractivity contribution in [3.63, 3.8) is 0 Å². The number of halogens is 5. The van der Waals surface area contributed by atoms with Crippen LogP contribution in [0.2, 0.25) is 10.0 Å². The highest BCUT2D eigenvalue weighted by atomic mass is 35.5. The molecule has 0 aliphatic heterocycles. The van der Waals surface area contributed by atoms with Crippen molar-refractivity contribution in [1.29, 1.82) is 0 Å². The number of nitrogens with one attached hydrogen (secondary N) is 1. The Bertz CT molecular complexity index is 394. The van der Waals surface area contributed by atoms with Crippen LogP contribution in [-0.2, 0) is 6.18 Å². The van der Waals surface area contributed by atoms with Crippen molar-refractivity contribution in [2.75, 3.05) is 11.9 Å². The van der Waals surface area contributed by atoms with Gasteiger partial charge >= 0.3 is 6.18 Å². The lowest BCUT2D eigenvalue weighted by Crippen LogP contribution is -2.11. The van der Waals surface area contributed by atoms with Crippen LogP contribution < -0.4 is 5.32 Å². The van der Waals surface area contributed by atoms with Crippen LogP contribution in [-0.4, -0.2) is 11.5 Å². The van der Waals surface area contributed by atoms with Crippen molar-refractivity contribution in [3.05, 3.63) is 21.9 Å². The third-order valence-corrected chi connectivity index (χ3v) is 2.73. The average Bonchev–Trinajstić information content (AvgIpc) is 2.21. The van der Waals surface area contributed by atoms with E-state index in [0.29, 0.717) is 6.54 Å². The van der Waals surface area contributed by atoms with Gasteiger partial charge in [-0.05, 0) is 6.42 Å². The Morgan fingerprint density at radius 2 is 2.00 bits per heavy atom. The van der Waals surface area contributed by atoms with Crippen molar-refractivity contribution in [2.24, 2.45) is 0 Å². The van der Waals surface area contributed by atoms with Gasteiger partial charge in [0.1, 0.15) is 0 Å². The van der Waals surface area contributed by atoms with Gasteiger partial charge in [0.05, 0.1) is 15.7 Å². The molecule has 0 aromatic carbocycles. The second-order valence-electron chi connectivity index (χ2n) is 3.42. The van der Waals surface area contributed by atoms with Crippen LogP contribution in [0.3, 0.4) is 0 Å². The number of pyridine rings is 1. The quantitative estimate of drug-likeness (QED) is 0.817. The number of alkyl halides is 3. The minimum absolute atomic E-state index is 0.0825. The second kappa shape index (κ2) is 5.78. The molecule has 0 fully saturated rings. The summed E-state index contributed by atoms with van der Waals surface area (Å²) in [6, 6.07) is 0. The van der Waals surface area contributed by atoms with Gasteiger partial charge in [-0.15, -0.1) is 0 Å². The third kappa shape index (κ3) is 3.64. The van der Waals surface area contributed by atoms with Crippen molar-refractivity contribution in [1.82, 2.24) is 4.98 Å². The summed E-state index contributed by atoms with van der Waals surface area (Å²) in [5.74, 6) is 0. The van der Waals surface area contributed by atoms with Gasteiger partial charge in [-0.25, -0.2) is 4.98 Å². The van der Waals surface area contributed by atoms with E-state index in [0.717, 1.165) is 19.0 Å². The lowest BCUT2D eigenvalue weighted by atomic mass is 10.3. The van der Waals surface area contributed by atoms with E-state index in [-0.39, 0.29) is 10.7 Å². The van der Waals surface area contributed by atoms with Crippen LogP contribution >= 0.6 is 23.2 Å². The summed E-state index contributed by atoms with van der Waals surface area (Å²) < 4.78 is 37.6. The highest BCUT2D eigenvalue weighted by molar-refractivity contribution is 6.39. The van der Waals surface area contributed by atoms with Crippen LogP contribution in [0.4, 0.5) is 18.9 Å². The molecule has 0 bridgehead atoms. The van der Waals surface area contributed by atoms with Gasteiger partial charge in [0, 0.05) is 12.7 Å². The van der Waals surface area contributed by atoms with Gasteiger partial charge in [0.2, 0.25) is 0 Å². The zero-order valence-corrected chi connectivity index (χ0v) is 10.5. The molecular weight excluding hydrogens is 276 g/mol. The van der Waals surface area contributed by atoms with Crippen LogP contribution in [0, 0.1) is 0 Å². The predicted octanol–water partition coefficient (Wildman–Crippen LogP) is 4.62. The molecule has 1 aromatic rings. The second-order valence-corrected chi connectivity index (χ2v) is 4.21. The fraction of sp³-hybridized carbons (Fsp3) is 0.500. The Labute approximate surface area is 107 Å². The summed E-state index contributed by atoms with van der Waals surface area (Å²) in [5.41, 5.74) is -1.04. The molecule has 0 spiro atoms. The lowest BCUT2D eigenvalue weighted by molar-refractivity contribution is -0.141. The van der Waals surface area contributed by atoms with Crippen molar-refractivity contribution in [2.45, 2.75) is 25.9 Å². The largest absolute Gasteiger partial charge is 0.434 e. The molecule has 1 rings (SSSR count). The smallest absolute Gasteiger partial charge is 0.383 e. The summed E-state index contributed by atoms with van der Waals surface area (Å²) in [4.78, 5) is 3.21. The molecule has 1 N–H and O–H groups in total. The molecule has 7 heteroatoms. The average molecular weight is 287 g/mol. The number of unbranched alkanes of at least 4 members (excludes halogenated alkanes) is 1. The Morgan fingerprint density at radius 1 is 1.35 bits per heavy atom. The number of anilines is 1. The van der Waals surface area contributed by atoms with Gasteiger partial charge in [-0.3, -0.25) is 0 Å². The first-order chi connectivity index (χ1) is 7.88. The van der Waals surface area contributed by atoms with E-state index < -0.39 is 16.9 Å². The maximum absolute atomic E-state index is 12.5. The molecule has 0 unspecified atom stereocenters. The monoisotopic (exact) mass is 286 g/mol. The summed E-state index contributed by atoms with van der Waals surface area (Å²) in [6.45, 7) is 2.48. The highest BCUT2D eigenvalue weighted by Gasteiger charge is 2.36. The normalized spacial score (nSPS) is 11.6. The zero-order chi connectivity index (χ0) is 13.1. The third-order valence-electron chi connectivity index (χ3n) is 2.07. The molecule has 17 heavy (non-hydrogen) atoms. The fourth-order valence-corrected chi connectivity index (χ4v) is 1.80. The molecule has 0 aliphatic carbocycles. The lowest BCUT2D eigenvalue weighted by Gasteiger charge is -2.14. The Hall–Kier alpha value is -0.680. The molecule has 2 nitrogen and oxygen atoms in total. The van der Waals surface area contributed by atoms with Crippen molar-refractivity contribution < 1.29 is 13.2 Å².